The van der Waals surface area contributed by atoms with Gasteiger partial charge in [-0.2, -0.15) is 0 Å². The number of aliphatic imine (C=N–C) groups is 1. The van der Waals surface area contributed by atoms with Gasteiger partial charge in [0.25, 0.3) is 0 Å². The Kier molecular flexibility index (Phi) is 0.828. The third-order valence-electron chi connectivity index (χ3n) is 1.38. The number of fused-ring (bicyclic) bond motifs is 1. The molecule has 0 spiro atoms. The molecule has 3 nitrogen and oxygen atoms in total. The highest BCUT2D eigenvalue weighted by Gasteiger charge is 2.02. The molecule has 2 heterocycles. The Bertz CT molecular complexity index is 236. The molecule has 9 heavy (non-hydrogen) atoms. The van der Waals surface area contributed by atoms with Gasteiger partial charge in [0.15, 0.2) is 0 Å². The van der Waals surface area contributed by atoms with E-state index >= 15 is 0 Å². The lowest BCUT2D eigenvalue weighted by atomic mass is 10.3. The normalized spacial score (nSPS) is 14.7. The van der Waals surface area contributed by atoms with Gasteiger partial charge in [0, 0.05) is 6.20 Å². The first-order valence-electron chi connectivity index (χ1n) is 2.89. The first kappa shape index (κ1) is 4.61. The van der Waals surface area contributed by atoms with Crippen LogP contribution < -0.4 is 5.32 Å². The van der Waals surface area contributed by atoms with E-state index in [1.807, 2.05) is 12.3 Å². The molecule has 0 atom stereocenters. The summed E-state index contributed by atoms with van der Waals surface area (Å²) in [5.41, 5.74) is 2.21. The molecule has 0 aliphatic carbocycles. The maximum atomic E-state index is 4.09. The van der Waals surface area contributed by atoms with Gasteiger partial charge in [0.1, 0.15) is 0 Å². The van der Waals surface area contributed by atoms with Crippen LogP contribution in [0.1, 0.15) is 5.69 Å². The first-order valence-corrected chi connectivity index (χ1v) is 2.89. The Morgan fingerprint density at radius 1 is 1.56 bits per heavy atom. The molecule has 0 unspecified atom stereocenters. The smallest absolute Gasteiger partial charge is 0.0890 e. The van der Waals surface area contributed by atoms with Crippen molar-refractivity contribution in [2.24, 2.45) is 4.99 Å². The van der Waals surface area contributed by atoms with Crippen molar-refractivity contribution in [3.63, 3.8) is 0 Å². The van der Waals surface area contributed by atoms with Gasteiger partial charge < -0.3 is 10.3 Å². The quantitative estimate of drug-likeness (QED) is 0.523. The number of hydrogen-bond donors (Lipinski definition) is 2. The van der Waals surface area contributed by atoms with E-state index in [2.05, 4.69) is 15.3 Å². The highest BCUT2D eigenvalue weighted by Crippen LogP contribution is 2.17. The average Bonchev–Trinajstić information content (AvgIpc) is 2.33. The van der Waals surface area contributed by atoms with Gasteiger partial charge in [-0.3, -0.25) is 0 Å². The van der Waals surface area contributed by atoms with Crippen LogP contribution >= 0.6 is 0 Å². The van der Waals surface area contributed by atoms with Crippen LogP contribution in [0.15, 0.2) is 17.3 Å². The van der Waals surface area contributed by atoms with Crippen molar-refractivity contribution in [2.45, 2.75) is 6.54 Å². The number of aromatic nitrogens is 1. The van der Waals surface area contributed by atoms with Gasteiger partial charge in [0.05, 0.1) is 24.3 Å². The fourth-order valence-corrected chi connectivity index (χ4v) is 0.921. The van der Waals surface area contributed by atoms with E-state index in [1.165, 1.54) is 0 Å². The highest BCUT2D eigenvalue weighted by molar-refractivity contribution is 5.65. The zero-order valence-electron chi connectivity index (χ0n) is 4.89. The number of nitrogens with zero attached hydrogens (tertiary/aromatic N) is 1. The van der Waals surface area contributed by atoms with Gasteiger partial charge in [0.2, 0.25) is 0 Å². The van der Waals surface area contributed by atoms with E-state index in [0.29, 0.717) is 0 Å². The number of H-pyrrole nitrogens is 1. The van der Waals surface area contributed by atoms with E-state index in [9.17, 15) is 0 Å². The van der Waals surface area contributed by atoms with E-state index in [1.54, 1.807) is 6.34 Å². The lowest BCUT2D eigenvalue weighted by molar-refractivity contribution is 0.882. The van der Waals surface area contributed by atoms with Crippen molar-refractivity contribution in [3.8, 4) is 0 Å². The molecular weight excluding hydrogens is 114 g/mol. The summed E-state index contributed by atoms with van der Waals surface area (Å²) >= 11 is 0. The minimum absolute atomic E-state index is 0.867. The Hall–Kier alpha value is -1.25. The SMILES string of the molecule is C1=Nc2cc[nH]c2CN1. The molecule has 0 amide bonds. The fourth-order valence-electron chi connectivity index (χ4n) is 0.921. The van der Waals surface area contributed by atoms with Crippen LogP contribution in [0.25, 0.3) is 0 Å². The lowest BCUT2D eigenvalue weighted by Crippen LogP contribution is -2.13. The molecule has 0 saturated heterocycles. The van der Waals surface area contributed by atoms with Crippen LogP contribution in [-0.2, 0) is 6.54 Å². The number of hydrogen-bond acceptors (Lipinski definition) is 2. The molecule has 0 bridgehead atoms. The molecule has 1 aromatic heterocycles. The van der Waals surface area contributed by atoms with Crippen LogP contribution in [0.4, 0.5) is 5.69 Å². The molecule has 1 aliphatic rings. The lowest BCUT2D eigenvalue weighted by Gasteiger charge is -2.04. The van der Waals surface area contributed by atoms with Crippen molar-refractivity contribution in [2.75, 3.05) is 0 Å². The Balaban J connectivity index is 2.53. The summed E-state index contributed by atoms with van der Waals surface area (Å²) in [7, 11) is 0. The molecule has 1 aliphatic heterocycles. The van der Waals surface area contributed by atoms with E-state index < -0.39 is 0 Å². The summed E-state index contributed by atoms with van der Waals surface area (Å²) in [5, 5.41) is 3.00. The van der Waals surface area contributed by atoms with Crippen molar-refractivity contribution in [1.82, 2.24) is 10.3 Å². The molecule has 0 radical (unpaired) electrons. The van der Waals surface area contributed by atoms with Crippen LogP contribution in [0, 0.1) is 0 Å². The van der Waals surface area contributed by atoms with Gasteiger partial charge in [-0.15, -0.1) is 0 Å². The second-order valence-corrected chi connectivity index (χ2v) is 1.98. The van der Waals surface area contributed by atoms with Crippen molar-refractivity contribution in [3.05, 3.63) is 18.0 Å². The largest absolute Gasteiger partial charge is 0.370 e. The van der Waals surface area contributed by atoms with Crippen LogP contribution in [0.3, 0.4) is 0 Å². The van der Waals surface area contributed by atoms with Gasteiger partial charge >= 0.3 is 0 Å². The van der Waals surface area contributed by atoms with Crippen molar-refractivity contribution in [1.29, 1.82) is 0 Å². The summed E-state index contributed by atoms with van der Waals surface area (Å²) in [5.74, 6) is 0. The number of rotatable bonds is 0. The third-order valence-corrected chi connectivity index (χ3v) is 1.38. The predicted octanol–water partition coefficient (Wildman–Crippen LogP) is 0.778. The minimum Gasteiger partial charge on any atom is -0.370 e. The maximum absolute atomic E-state index is 4.09. The van der Waals surface area contributed by atoms with Gasteiger partial charge in [-0.05, 0) is 6.07 Å². The second-order valence-electron chi connectivity index (χ2n) is 1.98. The average molecular weight is 121 g/mol. The molecule has 1 aromatic rings. The fraction of sp³-hybridized carbons (Fsp3) is 0.167. The minimum atomic E-state index is 0.867. The number of aromatic amines is 1. The Labute approximate surface area is 52.8 Å². The van der Waals surface area contributed by atoms with Crippen LogP contribution in [0.5, 0.6) is 0 Å². The van der Waals surface area contributed by atoms with Crippen molar-refractivity contribution < 1.29 is 0 Å². The molecule has 2 N–H and O–H groups in total. The van der Waals surface area contributed by atoms with Crippen LogP contribution in [-0.4, -0.2) is 11.3 Å². The Morgan fingerprint density at radius 3 is 3.44 bits per heavy atom. The third kappa shape index (κ3) is 0.614. The molecule has 3 heteroatoms. The van der Waals surface area contributed by atoms with E-state index in [0.717, 1.165) is 17.9 Å². The van der Waals surface area contributed by atoms with Gasteiger partial charge in [-0.25, -0.2) is 4.99 Å². The van der Waals surface area contributed by atoms with Gasteiger partial charge in [-0.1, -0.05) is 0 Å². The molecule has 2 rings (SSSR count). The van der Waals surface area contributed by atoms with E-state index in [4.69, 9.17) is 0 Å². The van der Waals surface area contributed by atoms with E-state index in [-0.39, 0.29) is 0 Å². The van der Waals surface area contributed by atoms with Crippen LogP contribution in [0.2, 0.25) is 0 Å². The zero-order valence-corrected chi connectivity index (χ0v) is 4.89. The highest BCUT2D eigenvalue weighted by atomic mass is 15.0. The predicted molar refractivity (Wildman–Crippen MR) is 35.8 cm³/mol. The summed E-state index contributed by atoms with van der Waals surface area (Å²) in [6.07, 6.45) is 3.62. The topological polar surface area (TPSA) is 40.2 Å². The molecule has 0 aromatic carbocycles. The molecular formula is C6H7N3. The zero-order chi connectivity index (χ0) is 6.10. The summed E-state index contributed by atoms with van der Waals surface area (Å²) < 4.78 is 0. The molecule has 46 valence electrons. The Morgan fingerprint density at radius 2 is 2.56 bits per heavy atom. The second kappa shape index (κ2) is 1.62. The number of nitrogens with one attached hydrogen (secondary N) is 2. The summed E-state index contributed by atoms with van der Waals surface area (Å²) in [6.45, 7) is 0.867. The van der Waals surface area contributed by atoms with Crippen molar-refractivity contribution >= 4 is 12.0 Å². The maximum Gasteiger partial charge on any atom is 0.0890 e. The molecule has 0 fully saturated rings. The summed E-state index contributed by atoms with van der Waals surface area (Å²) in [4.78, 5) is 7.17. The first-order chi connectivity index (χ1) is 4.47. The summed E-state index contributed by atoms with van der Waals surface area (Å²) in [6, 6.07) is 1.96. The standard InChI is InChI=1S/C6H7N3/c1-2-8-6-3-7-4-9-5(1)6/h1-2,4,8H,3H2,(H,7,9). The molecule has 0 saturated carbocycles. The monoisotopic (exact) mass is 121 g/mol.